The fourth-order valence-corrected chi connectivity index (χ4v) is 2.53. The van der Waals surface area contributed by atoms with Gasteiger partial charge in [0, 0.05) is 38.6 Å². The average Bonchev–Trinajstić information content (AvgIpc) is 2.76. The molecule has 0 aromatic rings. The van der Waals surface area contributed by atoms with Crippen LogP contribution in [0.2, 0.25) is 0 Å². The van der Waals surface area contributed by atoms with E-state index in [4.69, 9.17) is 15.9 Å². The molecule has 5 heteroatoms. The number of hydrogen-bond acceptors (Lipinski definition) is 4. The van der Waals surface area contributed by atoms with E-state index in [-0.39, 0.29) is 0 Å². The van der Waals surface area contributed by atoms with E-state index in [0.29, 0.717) is 18.3 Å². The molecule has 0 spiro atoms. The van der Waals surface area contributed by atoms with Crippen molar-refractivity contribution < 1.29 is 4.74 Å². The van der Waals surface area contributed by atoms with Crippen LogP contribution in [0.25, 0.3) is 0 Å². The van der Waals surface area contributed by atoms with Crippen LogP contribution < -0.4 is 5.73 Å². The smallest absolute Gasteiger partial charge is 0.0918 e. The third-order valence-electron chi connectivity index (χ3n) is 3.51. The second-order valence-corrected chi connectivity index (χ2v) is 4.67. The van der Waals surface area contributed by atoms with Crippen molar-refractivity contribution in [3.05, 3.63) is 0 Å². The summed E-state index contributed by atoms with van der Waals surface area (Å²) in [6.07, 6.45) is 1.95. The van der Waals surface area contributed by atoms with Crippen LogP contribution in [0.15, 0.2) is 0 Å². The van der Waals surface area contributed by atoms with Gasteiger partial charge in [0.1, 0.15) is 0 Å². The first kappa shape index (κ1) is 11.8. The highest BCUT2D eigenvalue weighted by atomic mass is 16.5. The van der Waals surface area contributed by atoms with Gasteiger partial charge in [0.25, 0.3) is 0 Å². The Morgan fingerprint density at radius 3 is 2.75 bits per heavy atom. The Hall–Kier alpha value is -0.650. The van der Waals surface area contributed by atoms with Crippen molar-refractivity contribution in [2.45, 2.75) is 18.9 Å². The number of nitrogens with zero attached hydrogens (tertiary/aromatic N) is 2. The van der Waals surface area contributed by atoms with Gasteiger partial charge in [-0.2, -0.15) is 0 Å². The Balaban J connectivity index is 1.72. The van der Waals surface area contributed by atoms with Crippen molar-refractivity contribution >= 4 is 5.84 Å². The van der Waals surface area contributed by atoms with Gasteiger partial charge < -0.3 is 15.4 Å². The minimum atomic E-state index is 0.301. The number of ether oxygens (including phenoxy) is 1. The van der Waals surface area contributed by atoms with Crippen molar-refractivity contribution in [2.24, 2.45) is 5.73 Å². The van der Waals surface area contributed by atoms with Crippen LogP contribution in [-0.4, -0.2) is 67.6 Å². The Bertz CT molecular complexity index is 240. The number of morpholine rings is 1. The topological polar surface area (TPSA) is 65.6 Å². The van der Waals surface area contributed by atoms with Crippen LogP contribution >= 0.6 is 0 Å². The highest BCUT2D eigenvalue weighted by Crippen LogP contribution is 2.16. The molecule has 1 atom stereocenters. The maximum atomic E-state index is 7.23. The van der Waals surface area contributed by atoms with E-state index in [2.05, 4.69) is 9.80 Å². The van der Waals surface area contributed by atoms with Gasteiger partial charge in [0.05, 0.1) is 19.0 Å². The first-order valence-corrected chi connectivity index (χ1v) is 6.13. The SMILES string of the molecule is N=C(N)CCN1CCC(N2CCOCC2)C1. The van der Waals surface area contributed by atoms with Gasteiger partial charge in [0.15, 0.2) is 0 Å². The van der Waals surface area contributed by atoms with Gasteiger partial charge in [-0.3, -0.25) is 10.3 Å². The molecule has 0 aliphatic carbocycles. The molecule has 2 saturated heterocycles. The first-order chi connectivity index (χ1) is 7.75. The quantitative estimate of drug-likeness (QED) is 0.511. The number of amidine groups is 1. The highest BCUT2D eigenvalue weighted by molar-refractivity contribution is 5.76. The lowest BCUT2D eigenvalue weighted by Crippen LogP contribution is -2.44. The third-order valence-corrected chi connectivity index (χ3v) is 3.51. The maximum Gasteiger partial charge on any atom is 0.0918 e. The lowest BCUT2D eigenvalue weighted by atomic mass is 10.2. The molecule has 0 aromatic carbocycles. The van der Waals surface area contributed by atoms with Crippen molar-refractivity contribution in [3.63, 3.8) is 0 Å². The van der Waals surface area contributed by atoms with E-state index in [1.54, 1.807) is 0 Å². The van der Waals surface area contributed by atoms with Crippen molar-refractivity contribution in [1.82, 2.24) is 9.80 Å². The van der Waals surface area contributed by atoms with Gasteiger partial charge in [-0.25, -0.2) is 0 Å². The van der Waals surface area contributed by atoms with E-state index in [9.17, 15) is 0 Å². The molecule has 16 heavy (non-hydrogen) atoms. The molecule has 2 aliphatic heterocycles. The molecule has 2 rings (SSSR count). The molecule has 0 aromatic heterocycles. The van der Waals surface area contributed by atoms with Crippen molar-refractivity contribution in [1.29, 1.82) is 5.41 Å². The number of nitrogens with one attached hydrogen (secondary N) is 1. The minimum absolute atomic E-state index is 0.301. The van der Waals surface area contributed by atoms with Crippen molar-refractivity contribution in [3.8, 4) is 0 Å². The summed E-state index contributed by atoms with van der Waals surface area (Å²) in [6, 6.07) is 0.691. The molecule has 2 aliphatic rings. The van der Waals surface area contributed by atoms with E-state index < -0.39 is 0 Å². The predicted molar refractivity (Wildman–Crippen MR) is 63.8 cm³/mol. The molecular weight excluding hydrogens is 204 g/mol. The number of nitrogens with two attached hydrogens (primary N) is 1. The second kappa shape index (κ2) is 5.61. The molecule has 0 radical (unpaired) electrons. The Labute approximate surface area is 97.0 Å². The summed E-state index contributed by atoms with van der Waals surface area (Å²) in [5.41, 5.74) is 5.38. The van der Waals surface area contributed by atoms with E-state index in [1.165, 1.54) is 6.42 Å². The molecule has 1 unspecified atom stereocenters. The molecule has 92 valence electrons. The van der Waals surface area contributed by atoms with Gasteiger partial charge in [-0.1, -0.05) is 0 Å². The summed E-state index contributed by atoms with van der Waals surface area (Å²) in [5, 5.41) is 7.23. The maximum absolute atomic E-state index is 7.23. The van der Waals surface area contributed by atoms with Crippen LogP contribution in [0.4, 0.5) is 0 Å². The van der Waals surface area contributed by atoms with Crippen LogP contribution in [0, 0.1) is 5.41 Å². The third kappa shape index (κ3) is 3.17. The second-order valence-electron chi connectivity index (χ2n) is 4.67. The summed E-state index contributed by atoms with van der Waals surface area (Å²) in [5.74, 6) is 0.301. The molecule has 0 amide bonds. The zero-order valence-corrected chi connectivity index (χ0v) is 9.82. The summed E-state index contributed by atoms with van der Waals surface area (Å²) >= 11 is 0. The molecule has 0 bridgehead atoms. The molecule has 3 N–H and O–H groups in total. The van der Waals surface area contributed by atoms with Crippen molar-refractivity contribution in [2.75, 3.05) is 45.9 Å². The molecular formula is C11H22N4O. The number of likely N-dealkylation sites (tertiary alicyclic amines) is 1. The first-order valence-electron chi connectivity index (χ1n) is 6.13. The highest BCUT2D eigenvalue weighted by Gasteiger charge is 2.28. The molecule has 2 fully saturated rings. The van der Waals surface area contributed by atoms with Gasteiger partial charge in [-0.05, 0) is 13.0 Å². The van der Waals surface area contributed by atoms with E-state index in [0.717, 1.165) is 45.9 Å². The number of rotatable bonds is 4. The zero-order chi connectivity index (χ0) is 11.4. The van der Waals surface area contributed by atoms with E-state index >= 15 is 0 Å². The standard InChI is InChI=1S/C11H22N4O/c12-11(13)2-4-14-3-1-10(9-14)15-5-7-16-8-6-15/h10H,1-9H2,(H3,12,13). The van der Waals surface area contributed by atoms with Gasteiger partial charge >= 0.3 is 0 Å². The van der Waals surface area contributed by atoms with E-state index in [1.807, 2.05) is 0 Å². The normalized spacial score (nSPS) is 28.4. The average molecular weight is 226 g/mol. The summed E-state index contributed by atoms with van der Waals surface area (Å²) in [4.78, 5) is 4.96. The molecule has 2 heterocycles. The lowest BCUT2D eigenvalue weighted by Gasteiger charge is -2.32. The Morgan fingerprint density at radius 2 is 2.06 bits per heavy atom. The monoisotopic (exact) mass is 226 g/mol. The van der Waals surface area contributed by atoms with Crippen LogP contribution in [0.3, 0.4) is 0 Å². The van der Waals surface area contributed by atoms with Gasteiger partial charge in [-0.15, -0.1) is 0 Å². The largest absolute Gasteiger partial charge is 0.388 e. The van der Waals surface area contributed by atoms with Crippen LogP contribution in [0.1, 0.15) is 12.8 Å². The Morgan fingerprint density at radius 1 is 1.31 bits per heavy atom. The summed E-state index contributed by atoms with van der Waals surface area (Å²) in [7, 11) is 0. The molecule has 0 saturated carbocycles. The lowest BCUT2D eigenvalue weighted by molar-refractivity contribution is 0.0186. The van der Waals surface area contributed by atoms with Crippen LogP contribution in [0.5, 0.6) is 0 Å². The minimum Gasteiger partial charge on any atom is -0.388 e. The van der Waals surface area contributed by atoms with Crippen LogP contribution in [-0.2, 0) is 4.74 Å². The van der Waals surface area contributed by atoms with Gasteiger partial charge in [0.2, 0.25) is 0 Å². The predicted octanol–water partition coefficient (Wildman–Crippen LogP) is -0.281. The Kier molecular flexibility index (Phi) is 4.15. The summed E-state index contributed by atoms with van der Waals surface area (Å²) < 4.78 is 5.37. The molecule has 5 nitrogen and oxygen atoms in total. The number of hydrogen-bond donors (Lipinski definition) is 2. The fraction of sp³-hybridized carbons (Fsp3) is 0.909. The zero-order valence-electron chi connectivity index (χ0n) is 9.82. The summed E-state index contributed by atoms with van der Waals surface area (Å²) in [6.45, 7) is 7.13. The fourth-order valence-electron chi connectivity index (χ4n) is 2.53.